The van der Waals surface area contributed by atoms with Crippen molar-refractivity contribution in [1.82, 2.24) is 15.5 Å². The zero-order chi connectivity index (χ0) is 20.9. The van der Waals surface area contributed by atoms with Crippen LogP contribution in [0.2, 0.25) is 0 Å². The number of amides is 1. The van der Waals surface area contributed by atoms with Gasteiger partial charge in [0.15, 0.2) is 17.3 Å². The second kappa shape index (κ2) is 8.90. The number of nitrogens with one attached hydrogen (secondary N) is 2. The maximum Gasteiger partial charge on any atom is 0.255 e. The highest BCUT2D eigenvalue weighted by Gasteiger charge is 2.25. The third-order valence-electron chi connectivity index (χ3n) is 5.38. The van der Waals surface area contributed by atoms with Crippen molar-refractivity contribution in [3.8, 4) is 22.8 Å². The molecule has 30 heavy (non-hydrogen) atoms. The molecule has 2 heterocycles. The number of piperidine rings is 1. The van der Waals surface area contributed by atoms with Gasteiger partial charge in [-0.2, -0.15) is 5.10 Å². The van der Waals surface area contributed by atoms with Crippen molar-refractivity contribution >= 4 is 11.7 Å². The van der Waals surface area contributed by atoms with Gasteiger partial charge in [0.2, 0.25) is 0 Å². The van der Waals surface area contributed by atoms with Crippen molar-refractivity contribution in [3.63, 3.8) is 0 Å². The lowest BCUT2D eigenvalue weighted by atomic mass is 10.0. The molecule has 4 rings (SSSR count). The molecular formula is C23H26N4O3. The number of carbonyl (C=O) groups excluding carboxylic acids is 1. The van der Waals surface area contributed by atoms with E-state index >= 15 is 0 Å². The van der Waals surface area contributed by atoms with Gasteiger partial charge < -0.3 is 19.7 Å². The van der Waals surface area contributed by atoms with Crippen LogP contribution in [0.4, 0.5) is 5.82 Å². The molecule has 2 N–H and O–H groups in total. The van der Waals surface area contributed by atoms with E-state index < -0.39 is 0 Å². The standard InChI is InChI=1S/C23H26N4O3/c1-29-20-12-6-11-18(22(20)30-2)23(28)24-17-10-7-13-27(15-17)21-14-19(25-26-21)16-8-4-3-5-9-16/h3-6,8-9,11-12,14,17H,7,10,13,15H2,1-2H3,(H,24,28)(H,25,26)/t17-/m0/s1. The van der Waals surface area contributed by atoms with E-state index in [4.69, 9.17) is 9.47 Å². The number of benzene rings is 2. The highest BCUT2D eigenvalue weighted by Crippen LogP contribution is 2.31. The lowest BCUT2D eigenvalue weighted by Crippen LogP contribution is -2.48. The summed E-state index contributed by atoms with van der Waals surface area (Å²) in [6, 6.07) is 17.5. The third-order valence-corrected chi connectivity index (χ3v) is 5.38. The normalized spacial score (nSPS) is 16.2. The number of carbonyl (C=O) groups is 1. The molecule has 156 valence electrons. The first-order valence-electron chi connectivity index (χ1n) is 10.1. The van der Waals surface area contributed by atoms with Gasteiger partial charge in [0.25, 0.3) is 5.91 Å². The minimum atomic E-state index is -0.162. The Morgan fingerprint density at radius 3 is 2.73 bits per heavy atom. The fraction of sp³-hybridized carbons (Fsp3) is 0.304. The largest absolute Gasteiger partial charge is 0.493 e. The zero-order valence-electron chi connectivity index (χ0n) is 17.2. The molecule has 0 aliphatic carbocycles. The van der Waals surface area contributed by atoms with Crippen molar-refractivity contribution in [1.29, 1.82) is 0 Å². The summed E-state index contributed by atoms with van der Waals surface area (Å²) < 4.78 is 10.7. The molecule has 1 aliphatic rings. The van der Waals surface area contributed by atoms with Crippen LogP contribution >= 0.6 is 0 Å². The number of hydrogen-bond acceptors (Lipinski definition) is 5. The van der Waals surface area contributed by atoms with Gasteiger partial charge in [0.1, 0.15) is 0 Å². The topological polar surface area (TPSA) is 79.5 Å². The number of aromatic nitrogens is 2. The van der Waals surface area contributed by atoms with Crippen LogP contribution in [0, 0.1) is 0 Å². The van der Waals surface area contributed by atoms with Gasteiger partial charge in [-0.3, -0.25) is 9.89 Å². The molecule has 3 aromatic rings. The number of para-hydroxylation sites is 1. The lowest BCUT2D eigenvalue weighted by molar-refractivity contribution is 0.0929. The summed E-state index contributed by atoms with van der Waals surface area (Å²) in [5.41, 5.74) is 2.56. The Kier molecular flexibility index (Phi) is 5.88. The van der Waals surface area contributed by atoms with Gasteiger partial charge in [-0.05, 0) is 30.5 Å². The highest BCUT2D eigenvalue weighted by molar-refractivity contribution is 5.98. The first kappa shape index (κ1) is 19.8. The van der Waals surface area contributed by atoms with Crippen LogP contribution < -0.4 is 19.7 Å². The van der Waals surface area contributed by atoms with Crippen molar-refractivity contribution in [2.24, 2.45) is 0 Å². The Morgan fingerprint density at radius 1 is 1.13 bits per heavy atom. The summed E-state index contributed by atoms with van der Waals surface area (Å²) in [5.74, 6) is 1.72. The third kappa shape index (κ3) is 4.10. The first-order valence-corrected chi connectivity index (χ1v) is 10.1. The molecule has 0 saturated carbocycles. The second-order valence-corrected chi connectivity index (χ2v) is 7.31. The van der Waals surface area contributed by atoms with Crippen molar-refractivity contribution < 1.29 is 14.3 Å². The smallest absolute Gasteiger partial charge is 0.255 e. The average molecular weight is 406 g/mol. The molecule has 1 atom stereocenters. The number of ether oxygens (including phenoxy) is 2. The van der Waals surface area contributed by atoms with E-state index in [0.717, 1.165) is 36.5 Å². The van der Waals surface area contributed by atoms with Crippen molar-refractivity contribution in [2.45, 2.75) is 18.9 Å². The van der Waals surface area contributed by atoms with Crippen LogP contribution in [0.1, 0.15) is 23.2 Å². The van der Waals surface area contributed by atoms with Gasteiger partial charge in [-0.1, -0.05) is 36.4 Å². The van der Waals surface area contributed by atoms with Gasteiger partial charge in [0.05, 0.1) is 25.5 Å². The Labute approximate surface area is 176 Å². The summed E-state index contributed by atoms with van der Waals surface area (Å²) in [5, 5.41) is 10.8. The molecule has 1 aromatic heterocycles. The van der Waals surface area contributed by atoms with E-state index in [9.17, 15) is 4.79 Å². The van der Waals surface area contributed by atoms with Crippen LogP contribution in [-0.2, 0) is 0 Å². The van der Waals surface area contributed by atoms with Crippen LogP contribution in [0.5, 0.6) is 11.5 Å². The number of aromatic amines is 1. The minimum Gasteiger partial charge on any atom is -0.493 e. The number of methoxy groups -OCH3 is 2. The van der Waals surface area contributed by atoms with E-state index in [1.807, 2.05) is 18.2 Å². The average Bonchev–Trinajstić information content (AvgIpc) is 3.29. The van der Waals surface area contributed by atoms with E-state index in [1.165, 1.54) is 0 Å². The summed E-state index contributed by atoms with van der Waals surface area (Å²) in [4.78, 5) is 15.1. The molecule has 1 fully saturated rings. The molecule has 1 saturated heterocycles. The Bertz CT molecular complexity index is 1000. The zero-order valence-corrected chi connectivity index (χ0v) is 17.2. The van der Waals surface area contributed by atoms with E-state index in [1.54, 1.807) is 32.4 Å². The van der Waals surface area contributed by atoms with Gasteiger partial charge in [0, 0.05) is 25.2 Å². The van der Waals surface area contributed by atoms with E-state index in [2.05, 4.69) is 38.6 Å². The van der Waals surface area contributed by atoms with Crippen LogP contribution in [0.3, 0.4) is 0 Å². The Hall–Kier alpha value is -3.48. The summed E-state index contributed by atoms with van der Waals surface area (Å²) in [7, 11) is 3.10. The Morgan fingerprint density at radius 2 is 1.97 bits per heavy atom. The molecule has 0 spiro atoms. The number of rotatable bonds is 6. The highest BCUT2D eigenvalue weighted by atomic mass is 16.5. The van der Waals surface area contributed by atoms with Crippen molar-refractivity contribution in [2.75, 3.05) is 32.2 Å². The predicted octanol–water partition coefficient (Wildman–Crippen LogP) is 3.49. The molecule has 7 heteroatoms. The predicted molar refractivity (Wildman–Crippen MR) is 116 cm³/mol. The molecule has 0 radical (unpaired) electrons. The SMILES string of the molecule is COc1cccc(C(=O)N[C@H]2CCCN(c3cc(-c4ccccc4)[nH]n3)C2)c1OC. The van der Waals surface area contributed by atoms with Gasteiger partial charge >= 0.3 is 0 Å². The molecule has 0 bridgehead atoms. The van der Waals surface area contributed by atoms with Gasteiger partial charge in [-0.25, -0.2) is 0 Å². The molecule has 1 aliphatic heterocycles. The first-order chi connectivity index (χ1) is 14.7. The summed E-state index contributed by atoms with van der Waals surface area (Å²) in [6.07, 6.45) is 1.90. The number of hydrogen-bond donors (Lipinski definition) is 2. The summed E-state index contributed by atoms with van der Waals surface area (Å²) in [6.45, 7) is 1.62. The fourth-order valence-corrected chi connectivity index (χ4v) is 3.87. The van der Waals surface area contributed by atoms with E-state index in [0.29, 0.717) is 23.6 Å². The molecule has 2 aromatic carbocycles. The Balaban J connectivity index is 1.45. The molecular weight excluding hydrogens is 380 g/mol. The number of nitrogens with zero attached hydrogens (tertiary/aromatic N) is 2. The number of H-pyrrole nitrogens is 1. The van der Waals surface area contributed by atoms with E-state index in [-0.39, 0.29) is 11.9 Å². The quantitative estimate of drug-likeness (QED) is 0.655. The second-order valence-electron chi connectivity index (χ2n) is 7.31. The number of anilines is 1. The van der Waals surface area contributed by atoms with Gasteiger partial charge in [-0.15, -0.1) is 0 Å². The van der Waals surface area contributed by atoms with Crippen LogP contribution in [0.25, 0.3) is 11.3 Å². The molecule has 1 amide bonds. The lowest BCUT2D eigenvalue weighted by Gasteiger charge is -2.33. The molecule has 0 unspecified atom stereocenters. The minimum absolute atomic E-state index is 0.0269. The monoisotopic (exact) mass is 406 g/mol. The fourth-order valence-electron chi connectivity index (χ4n) is 3.87. The van der Waals surface area contributed by atoms with Crippen LogP contribution in [0.15, 0.2) is 54.6 Å². The summed E-state index contributed by atoms with van der Waals surface area (Å²) >= 11 is 0. The maximum atomic E-state index is 12.9. The molecule has 7 nitrogen and oxygen atoms in total. The van der Waals surface area contributed by atoms with Crippen molar-refractivity contribution in [3.05, 3.63) is 60.2 Å². The van der Waals surface area contributed by atoms with Crippen LogP contribution in [-0.4, -0.2) is 49.5 Å². The maximum absolute atomic E-state index is 12.9.